The fraction of sp³-hybridized carbons (Fsp3) is 0.100. The lowest BCUT2D eigenvalue weighted by molar-refractivity contribution is 1.27. The molecule has 66 valence electrons. The zero-order valence-corrected chi connectivity index (χ0v) is 9.52. The van der Waals surface area contributed by atoms with Crippen molar-refractivity contribution in [3.63, 3.8) is 0 Å². The van der Waals surface area contributed by atoms with Crippen molar-refractivity contribution in [1.29, 1.82) is 0 Å². The Balaban J connectivity index is 2.59. The molecule has 13 heavy (non-hydrogen) atoms. The number of rotatable bonds is 1. The van der Waals surface area contributed by atoms with Crippen LogP contribution in [0, 0.1) is 6.92 Å². The molecule has 2 aromatic rings. The van der Waals surface area contributed by atoms with Gasteiger partial charge in [-0.2, -0.15) is 0 Å². The first-order valence-electron chi connectivity index (χ1n) is 3.93. The molecule has 0 spiro atoms. The van der Waals surface area contributed by atoms with Gasteiger partial charge in [-0.05, 0) is 39.9 Å². The Morgan fingerprint density at radius 3 is 2.92 bits per heavy atom. The van der Waals surface area contributed by atoms with Crippen LogP contribution < -0.4 is 0 Å². The van der Waals surface area contributed by atoms with Crippen LogP contribution in [0.5, 0.6) is 0 Å². The molecular formula is C10H8BrNS. The van der Waals surface area contributed by atoms with Gasteiger partial charge in [0, 0.05) is 27.3 Å². The average molecular weight is 254 g/mol. The molecule has 0 aliphatic heterocycles. The lowest BCUT2D eigenvalue weighted by Gasteiger charge is -2.03. The molecule has 0 aromatic carbocycles. The Kier molecular flexibility index (Phi) is 2.47. The van der Waals surface area contributed by atoms with E-state index in [2.05, 4.69) is 45.4 Å². The molecule has 0 bridgehead atoms. The standard InChI is InChI=1S/C10H8BrNS/c1-7-8(5-12-6-9(7)11)10-3-2-4-13-10/h2-6H,1H3. The van der Waals surface area contributed by atoms with Crippen LogP contribution in [-0.2, 0) is 0 Å². The molecular weight excluding hydrogens is 246 g/mol. The lowest BCUT2D eigenvalue weighted by Crippen LogP contribution is -1.83. The maximum atomic E-state index is 4.16. The molecule has 0 aliphatic carbocycles. The predicted octanol–water partition coefficient (Wildman–Crippen LogP) is 3.88. The van der Waals surface area contributed by atoms with E-state index in [1.165, 1.54) is 16.0 Å². The van der Waals surface area contributed by atoms with Crippen LogP contribution in [-0.4, -0.2) is 4.98 Å². The summed E-state index contributed by atoms with van der Waals surface area (Å²) in [6.07, 6.45) is 3.73. The van der Waals surface area contributed by atoms with E-state index in [9.17, 15) is 0 Å². The molecule has 3 heteroatoms. The second kappa shape index (κ2) is 3.60. The molecule has 2 aromatic heterocycles. The van der Waals surface area contributed by atoms with Crippen LogP contribution in [0.25, 0.3) is 10.4 Å². The molecule has 0 saturated heterocycles. The van der Waals surface area contributed by atoms with Gasteiger partial charge in [0.2, 0.25) is 0 Å². The monoisotopic (exact) mass is 253 g/mol. The van der Waals surface area contributed by atoms with Crippen molar-refractivity contribution in [1.82, 2.24) is 4.98 Å². The summed E-state index contributed by atoms with van der Waals surface area (Å²) in [5, 5.41) is 2.08. The van der Waals surface area contributed by atoms with Crippen LogP contribution in [0.4, 0.5) is 0 Å². The molecule has 0 aliphatic rings. The number of aromatic nitrogens is 1. The molecule has 0 amide bonds. The lowest BCUT2D eigenvalue weighted by atomic mass is 10.1. The van der Waals surface area contributed by atoms with Crippen LogP contribution in [0.2, 0.25) is 0 Å². The van der Waals surface area contributed by atoms with E-state index in [1.807, 2.05) is 12.4 Å². The minimum atomic E-state index is 1.07. The zero-order valence-electron chi connectivity index (χ0n) is 7.12. The normalized spacial score (nSPS) is 10.3. The summed E-state index contributed by atoms with van der Waals surface area (Å²) in [6.45, 7) is 2.10. The quantitative estimate of drug-likeness (QED) is 0.752. The minimum absolute atomic E-state index is 1.07. The fourth-order valence-electron chi connectivity index (χ4n) is 1.18. The highest BCUT2D eigenvalue weighted by atomic mass is 79.9. The van der Waals surface area contributed by atoms with E-state index >= 15 is 0 Å². The van der Waals surface area contributed by atoms with Gasteiger partial charge in [0.1, 0.15) is 0 Å². The minimum Gasteiger partial charge on any atom is -0.263 e. The smallest absolute Gasteiger partial charge is 0.0413 e. The van der Waals surface area contributed by atoms with Gasteiger partial charge >= 0.3 is 0 Å². The van der Waals surface area contributed by atoms with E-state index in [4.69, 9.17) is 0 Å². The van der Waals surface area contributed by atoms with Crippen molar-refractivity contribution in [3.05, 3.63) is 39.9 Å². The molecule has 0 radical (unpaired) electrons. The maximum absolute atomic E-state index is 4.16. The highest BCUT2D eigenvalue weighted by molar-refractivity contribution is 9.10. The number of hydrogen-bond donors (Lipinski definition) is 0. The van der Waals surface area contributed by atoms with Crippen LogP contribution >= 0.6 is 27.3 Å². The van der Waals surface area contributed by atoms with Crippen molar-refractivity contribution in [2.75, 3.05) is 0 Å². The third-order valence-corrected chi connectivity index (χ3v) is 3.64. The summed E-state index contributed by atoms with van der Waals surface area (Å²) < 4.78 is 1.07. The topological polar surface area (TPSA) is 12.9 Å². The van der Waals surface area contributed by atoms with Gasteiger partial charge in [-0.15, -0.1) is 11.3 Å². The number of pyridine rings is 1. The van der Waals surface area contributed by atoms with Gasteiger partial charge in [0.25, 0.3) is 0 Å². The van der Waals surface area contributed by atoms with E-state index in [-0.39, 0.29) is 0 Å². The first kappa shape index (κ1) is 8.91. The Labute approximate surface area is 89.6 Å². The predicted molar refractivity (Wildman–Crippen MR) is 60.0 cm³/mol. The zero-order chi connectivity index (χ0) is 9.26. The van der Waals surface area contributed by atoms with Gasteiger partial charge in [0.05, 0.1) is 0 Å². The molecule has 0 fully saturated rings. The molecule has 2 rings (SSSR count). The van der Waals surface area contributed by atoms with Crippen molar-refractivity contribution >= 4 is 27.3 Å². The van der Waals surface area contributed by atoms with Crippen molar-refractivity contribution < 1.29 is 0 Å². The van der Waals surface area contributed by atoms with Crippen LogP contribution in [0.3, 0.4) is 0 Å². The fourth-order valence-corrected chi connectivity index (χ4v) is 2.31. The number of thiophene rings is 1. The molecule has 0 unspecified atom stereocenters. The average Bonchev–Trinajstić information content (AvgIpc) is 2.62. The van der Waals surface area contributed by atoms with Crippen molar-refractivity contribution in [2.24, 2.45) is 0 Å². The number of nitrogens with zero attached hydrogens (tertiary/aromatic N) is 1. The van der Waals surface area contributed by atoms with Gasteiger partial charge in [0.15, 0.2) is 0 Å². The Morgan fingerprint density at radius 2 is 2.23 bits per heavy atom. The SMILES string of the molecule is Cc1c(Br)cncc1-c1cccs1. The Bertz CT molecular complexity index is 409. The highest BCUT2D eigenvalue weighted by Crippen LogP contribution is 2.30. The molecule has 2 heterocycles. The summed E-state index contributed by atoms with van der Waals surface area (Å²) in [4.78, 5) is 5.43. The third-order valence-electron chi connectivity index (χ3n) is 1.94. The first-order chi connectivity index (χ1) is 6.29. The molecule has 0 atom stereocenters. The Hall–Kier alpha value is -0.670. The van der Waals surface area contributed by atoms with Gasteiger partial charge in [-0.25, -0.2) is 0 Å². The van der Waals surface area contributed by atoms with Gasteiger partial charge in [-0.1, -0.05) is 6.07 Å². The summed E-state index contributed by atoms with van der Waals surface area (Å²) >= 11 is 5.21. The second-order valence-corrected chi connectivity index (χ2v) is 4.57. The summed E-state index contributed by atoms with van der Waals surface area (Å²) in [6, 6.07) is 4.17. The van der Waals surface area contributed by atoms with E-state index < -0.39 is 0 Å². The van der Waals surface area contributed by atoms with E-state index in [1.54, 1.807) is 11.3 Å². The third kappa shape index (κ3) is 1.67. The Morgan fingerprint density at radius 1 is 1.38 bits per heavy atom. The first-order valence-corrected chi connectivity index (χ1v) is 5.60. The van der Waals surface area contributed by atoms with Crippen molar-refractivity contribution in [2.45, 2.75) is 6.92 Å². The van der Waals surface area contributed by atoms with Gasteiger partial charge in [-0.3, -0.25) is 4.98 Å². The summed E-state index contributed by atoms with van der Waals surface area (Å²) in [5.41, 5.74) is 2.46. The largest absolute Gasteiger partial charge is 0.263 e. The highest BCUT2D eigenvalue weighted by Gasteiger charge is 2.05. The molecule has 0 N–H and O–H groups in total. The van der Waals surface area contributed by atoms with E-state index in [0.717, 1.165) is 4.47 Å². The molecule has 0 saturated carbocycles. The van der Waals surface area contributed by atoms with Crippen LogP contribution in [0.1, 0.15) is 5.56 Å². The van der Waals surface area contributed by atoms with Gasteiger partial charge < -0.3 is 0 Å². The molecule has 1 nitrogen and oxygen atoms in total. The van der Waals surface area contributed by atoms with Crippen LogP contribution in [0.15, 0.2) is 34.4 Å². The number of hydrogen-bond acceptors (Lipinski definition) is 2. The number of halogens is 1. The summed E-state index contributed by atoms with van der Waals surface area (Å²) in [5.74, 6) is 0. The summed E-state index contributed by atoms with van der Waals surface area (Å²) in [7, 11) is 0. The van der Waals surface area contributed by atoms with E-state index in [0.29, 0.717) is 0 Å². The second-order valence-electron chi connectivity index (χ2n) is 2.77. The maximum Gasteiger partial charge on any atom is 0.0413 e. The van der Waals surface area contributed by atoms with Crippen molar-refractivity contribution in [3.8, 4) is 10.4 Å².